The molecular formula is C21H24N2OS. The molecule has 2 aromatic carbocycles. The maximum Gasteiger partial charge on any atom is 0.127 e. The van der Waals surface area contributed by atoms with Crippen molar-refractivity contribution < 1.29 is 4.74 Å². The van der Waals surface area contributed by atoms with Gasteiger partial charge in [0.2, 0.25) is 0 Å². The minimum Gasteiger partial charge on any atom is -0.493 e. The van der Waals surface area contributed by atoms with Gasteiger partial charge in [-0.15, -0.1) is 11.8 Å². The molecule has 0 spiro atoms. The zero-order valence-corrected chi connectivity index (χ0v) is 16.1. The van der Waals surface area contributed by atoms with Crippen LogP contribution in [0.2, 0.25) is 0 Å². The van der Waals surface area contributed by atoms with Crippen LogP contribution in [-0.2, 0) is 5.41 Å². The lowest BCUT2D eigenvalue weighted by atomic mass is 9.87. The van der Waals surface area contributed by atoms with Gasteiger partial charge in [0.1, 0.15) is 16.6 Å². The zero-order chi connectivity index (χ0) is 17.9. The predicted octanol–water partition coefficient (Wildman–Crippen LogP) is 5.41. The van der Waals surface area contributed by atoms with Gasteiger partial charge in [-0.25, -0.2) is 9.97 Å². The summed E-state index contributed by atoms with van der Waals surface area (Å²) in [6.45, 7) is 9.23. The molecule has 0 aliphatic rings. The van der Waals surface area contributed by atoms with Gasteiger partial charge in [0.15, 0.2) is 0 Å². The fourth-order valence-electron chi connectivity index (χ4n) is 2.62. The molecule has 0 unspecified atom stereocenters. The van der Waals surface area contributed by atoms with E-state index in [0.717, 1.165) is 33.3 Å². The van der Waals surface area contributed by atoms with Crippen LogP contribution >= 0.6 is 11.8 Å². The molecule has 25 heavy (non-hydrogen) atoms. The number of benzene rings is 2. The summed E-state index contributed by atoms with van der Waals surface area (Å²) >= 11 is 1.71. The molecule has 3 aromatic rings. The fourth-order valence-corrected chi connectivity index (χ4v) is 3.50. The van der Waals surface area contributed by atoms with Gasteiger partial charge in [-0.1, -0.05) is 51.1 Å². The van der Waals surface area contributed by atoms with Crippen LogP contribution in [0.5, 0.6) is 5.75 Å². The first-order valence-electron chi connectivity index (χ1n) is 8.53. The van der Waals surface area contributed by atoms with E-state index in [-0.39, 0.29) is 5.41 Å². The van der Waals surface area contributed by atoms with E-state index in [4.69, 9.17) is 4.74 Å². The Morgan fingerprint density at radius 3 is 2.40 bits per heavy atom. The number of ether oxygens (including phenoxy) is 1. The molecule has 1 aromatic heterocycles. The Kier molecular flexibility index (Phi) is 5.28. The Hall–Kier alpha value is -2.07. The van der Waals surface area contributed by atoms with Gasteiger partial charge in [0.25, 0.3) is 0 Å². The van der Waals surface area contributed by atoms with Crippen LogP contribution in [-0.4, -0.2) is 22.3 Å². The highest BCUT2D eigenvalue weighted by Crippen LogP contribution is 2.26. The van der Waals surface area contributed by atoms with Crippen LogP contribution in [0, 0.1) is 6.92 Å². The Labute approximate surface area is 153 Å². The van der Waals surface area contributed by atoms with Crippen molar-refractivity contribution >= 4 is 22.7 Å². The van der Waals surface area contributed by atoms with E-state index in [9.17, 15) is 0 Å². The maximum atomic E-state index is 5.87. The predicted molar refractivity (Wildman–Crippen MR) is 106 cm³/mol. The summed E-state index contributed by atoms with van der Waals surface area (Å²) in [5.74, 6) is 2.57. The average molecular weight is 353 g/mol. The molecule has 3 nitrogen and oxygen atoms in total. The van der Waals surface area contributed by atoms with E-state index in [0.29, 0.717) is 6.61 Å². The quantitative estimate of drug-likeness (QED) is 0.349. The number of aromatic nitrogens is 2. The number of hydrogen-bond acceptors (Lipinski definition) is 4. The van der Waals surface area contributed by atoms with Gasteiger partial charge >= 0.3 is 0 Å². The van der Waals surface area contributed by atoms with Crippen LogP contribution < -0.4 is 4.74 Å². The van der Waals surface area contributed by atoms with Gasteiger partial charge < -0.3 is 4.74 Å². The molecule has 0 amide bonds. The zero-order valence-electron chi connectivity index (χ0n) is 15.2. The molecule has 0 atom stereocenters. The minimum absolute atomic E-state index is 0.167. The van der Waals surface area contributed by atoms with Crippen molar-refractivity contribution in [2.45, 2.75) is 38.1 Å². The number of fused-ring (bicyclic) bond motifs is 1. The van der Waals surface area contributed by atoms with Crippen molar-refractivity contribution in [2.75, 3.05) is 12.4 Å². The van der Waals surface area contributed by atoms with E-state index < -0.39 is 0 Å². The van der Waals surface area contributed by atoms with Gasteiger partial charge in [0.05, 0.1) is 12.1 Å². The van der Waals surface area contributed by atoms with Gasteiger partial charge in [-0.2, -0.15) is 0 Å². The van der Waals surface area contributed by atoms with E-state index in [2.05, 4.69) is 61.1 Å². The highest BCUT2D eigenvalue weighted by Gasteiger charge is 2.13. The summed E-state index contributed by atoms with van der Waals surface area (Å²) in [5, 5.41) is 2.13. The summed E-state index contributed by atoms with van der Waals surface area (Å²) in [6.07, 6.45) is 0. The molecule has 0 aliphatic heterocycles. The first kappa shape index (κ1) is 17.7. The summed E-state index contributed by atoms with van der Waals surface area (Å²) in [6, 6.07) is 16.5. The van der Waals surface area contributed by atoms with Crippen LogP contribution in [0.15, 0.2) is 53.6 Å². The summed E-state index contributed by atoms with van der Waals surface area (Å²) < 4.78 is 5.87. The smallest absolute Gasteiger partial charge is 0.127 e. The molecule has 0 saturated heterocycles. The highest BCUT2D eigenvalue weighted by molar-refractivity contribution is 7.99. The lowest BCUT2D eigenvalue weighted by molar-refractivity contribution is 0.343. The molecule has 0 aliphatic carbocycles. The second kappa shape index (κ2) is 7.44. The molecule has 0 radical (unpaired) electrons. The van der Waals surface area contributed by atoms with Crippen molar-refractivity contribution in [2.24, 2.45) is 0 Å². The SMILES string of the molecule is Cc1nc(SCCOc2ccc(C(C)(C)C)cc2)c2ccccc2n1. The molecule has 3 rings (SSSR count). The van der Waals surface area contributed by atoms with Crippen molar-refractivity contribution in [3.8, 4) is 5.75 Å². The van der Waals surface area contributed by atoms with Gasteiger partial charge in [0, 0.05) is 11.1 Å². The largest absolute Gasteiger partial charge is 0.493 e. The standard InChI is InChI=1S/C21H24N2OS/c1-15-22-19-8-6-5-7-18(19)20(23-15)25-14-13-24-17-11-9-16(10-12-17)21(2,3)4/h5-12H,13-14H2,1-4H3. The van der Waals surface area contributed by atoms with Gasteiger partial charge in [-0.3, -0.25) is 0 Å². The third kappa shape index (κ3) is 4.51. The summed E-state index contributed by atoms with van der Waals surface area (Å²) in [5.41, 5.74) is 2.48. The Morgan fingerprint density at radius 1 is 0.960 bits per heavy atom. The van der Waals surface area contributed by atoms with Gasteiger partial charge in [-0.05, 0) is 36.1 Å². The maximum absolute atomic E-state index is 5.87. The number of para-hydroxylation sites is 1. The number of nitrogens with zero attached hydrogens (tertiary/aromatic N) is 2. The Bertz CT molecular complexity index is 854. The second-order valence-electron chi connectivity index (χ2n) is 7.06. The van der Waals surface area contributed by atoms with Crippen molar-refractivity contribution in [3.05, 3.63) is 59.9 Å². The van der Waals surface area contributed by atoms with E-state index >= 15 is 0 Å². The normalized spacial score (nSPS) is 11.7. The second-order valence-corrected chi connectivity index (χ2v) is 8.15. The van der Waals surface area contributed by atoms with Crippen LogP contribution in [0.3, 0.4) is 0 Å². The molecular weight excluding hydrogens is 328 g/mol. The van der Waals surface area contributed by atoms with Crippen molar-refractivity contribution in [1.29, 1.82) is 0 Å². The lowest BCUT2D eigenvalue weighted by Gasteiger charge is -2.19. The molecule has 1 heterocycles. The Balaban J connectivity index is 1.59. The molecule has 0 saturated carbocycles. The number of thioether (sulfide) groups is 1. The molecule has 4 heteroatoms. The number of rotatable bonds is 5. The molecule has 0 fully saturated rings. The first-order valence-corrected chi connectivity index (χ1v) is 9.51. The Morgan fingerprint density at radius 2 is 1.68 bits per heavy atom. The summed E-state index contributed by atoms with van der Waals surface area (Å²) in [4.78, 5) is 9.07. The van der Waals surface area contributed by atoms with Crippen molar-refractivity contribution in [1.82, 2.24) is 9.97 Å². The van der Waals surface area contributed by atoms with E-state index in [1.165, 1.54) is 5.56 Å². The first-order chi connectivity index (χ1) is 11.9. The number of hydrogen-bond donors (Lipinski definition) is 0. The van der Waals surface area contributed by atoms with Crippen molar-refractivity contribution in [3.63, 3.8) is 0 Å². The van der Waals surface area contributed by atoms with E-state index in [1.807, 2.05) is 25.1 Å². The molecule has 130 valence electrons. The summed E-state index contributed by atoms with van der Waals surface area (Å²) in [7, 11) is 0. The third-order valence-electron chi connectivity index (χ3n) is 3.99. The topological polar surface area (TPSA) is 35.0 Å². The lowest BCUT2D eigenvalue weighted by Crippen LogP contribution is -2.10. The molecule has 0 N–H and O–H groups in total. The monoisotopic (exact) mass is 352 g/mol. The van der Waals surface area contributed by atoms with E-state index in [1.54, 1.807) is 11.8 Å². The average Bonchev–Trinajstić information content (AvgIpc) is 2.58. The molecule has 0 bridgehead atoms. The fraction of sp³-hybridized carbons (Fsp3) is 0.333. The highest BCUT2D eigenvalue weighted by atomic mass is 32.2. The number of aryl methyl sites for hydroxylation is 1. The third-order valence-corrected chi connectivity index (χ3v) is 4.95. The van der Waals surface area contributed by atoms with Crippen LogP contribution in [0.1, 0.15) is 32.2 Å². The van der Waals surface area contributed by atoms with Crippen LogP contribution in [0.4, 0.5) is 0 Å². The minimum atomic E-state index is 0.167. The van der Waals surface area contributed by atoms with Crippen LogP contribution in [0.25, 0.3) is 10.9 Å².